The third kappa shape index (κ3) is 11.1. The maximum absolute atomic E-state index is 5.61. The number of unbranched alkanes of at least 4 members (excludes halogenated alkanes) is 1. The molecule has 6 nitrogen and oxygen atoms in total. The van der Waals surface area contributed by atoms with E-state index in [2.05, 4.69) is 17.6 Å². The third-order valence-corrected chi connectivity index (χ3v) is 4.22. The van der Waals surface area contributed by atoms with Crippen LogP contribution in [-0.4, -0.2) is 39.4 Å². The zero-order chi connectivity index (χ0) is 19.9. The zero-order valence-corrected chi connectivity index (χ0v) is 19.8. The van der Waals surface area contributed by atoms with Crippen molar-refractivity contribution in [2.24, 2.45) is 4.99 Å². The van der Waals surface area contributed by atoms with Gasteiger partial charge in [0.25, 0.3) is 0 Å². The van der Waals surface area contributed by atoms with Gasteiger partial charge in [-0.1, -0.05) is 25.5 Å². The van der Waals surface area contributed by atoms with E-state index >= 15 is 0 Å². The number of halogens is 1. The van der Waals surface area contributed by atoms with Gasteiger partial charge in [-0.2, -0.15) is 0 Å². The first-order chi connectivity index (χ1) is 13.8. The zero-order valence-electron chi connectivity index (χ0n) is 17.5. The predicted molar refractivity (Wildman–Crippen MR) is 128 cm³/mol. The van der Waals surface area contributed by atoms with Crippen LogP contribution in [0.1, 0.15) is 37.5 Å². The monoisotopic (exact) mass is 515 g/mol. The van der Waals surface area contributed by atoms with Gasteiger partial charge in [0.05, 0.1) is 19.9 Å². The fourth-order valence-corrected chi connectivity index (χ4v) is 2.56. The van der Waals surface area contributed by atoms with E-state index in [1.54, 1.807) is 13.4 Å². The molecule has 0 bridgehead atoms. The van der Waals surface area contributed by atoms with E-state index in [0.29, 0.717) is 6.54 Å². The summed E-state index contributed by atoms with van der Waals surface area (Å²) in [6.45, 7) is 5.97. The summed E-state index contributed by atoms with van der Waals surface area (Å²) in [5.74, 6) is 2.62. The number of guanidine groups is 1. The highest BCUT2D eigenvalue weighted by Gasteiger charge is 2.01. The molecule has 29 heavy (non-hydrogen) atoms. The molecule has 0 saturated carbocycles. The second-order valence-electron chi connectivity index (χ2n) is 6.52. The lowest BCUT2D eigenvalue weighted by molar-refractivity contribution is 0.129. The van der Waals surface area contributed by atoms with Gasteiger partial charge in [-0.3, -0.25) is 0 Å². The molecule has 0 spiro atoms. The molecule has 0 aliphatic heterocycles. The smallest absolute Gasteiger partial charge is 0.191 e. The number of nitrogens with one attached hydrogen (secondary N) is 2. The van der Waals surface area contributed by atoms with Gasteiger partial charge in [-0.05, 0) is 42.7 Å². The minimum absolute atomic E-state index is 0. The molecule has 2 aromatic rings. The summed E-state index contributed by atoms with van der Waals surface area (Å²) in [6, 6.07) is 11.9. The highest BCUT2D eigenvalue weighted by molar-refractivity contribution is 14.0. The Hall–Kier alpha value is -1.74. The highest BCUT2D eigenvalue weighted by Crippen LogP contribution is 2.11. The van der Waals surface area contributed by atoms with Crippen molar-refractivity contribution in [3.8, 4) is 5.75 Å². The van der Waals surface area contributed by atoms with Gasteiger partial charge >= 0.3 is 0 Å². The van der Waals surface area contributed by atoms with Crippen molar-refractivity contribution in [3.63, 3.8) is 0 Å². The number of ether oxygens (including phenoxy) is 2. The van der Waals surface area contributed by atoms with Gasteiger partial charge in [-0.25, -0.2) is 4.99 Å². The van der Waals surface area contributed by atoms with Crippen LogP contribution in [-0.2, 0) is 17.7 Å². The lowest BCUT2D eigenvalue weighted by atomic mass is 10.2. The topological polar surface area (TPSA) is 68.0 Å². The molecule has 162 valence electrons. The first-order valence-electron chi connectivity index (χ1n) is 10.1. The summed E-state index contributed by atoms with van der Waals surface area (Å²) in [4.78, 5) is 4.70. The van der Waals surface area contributed by atoms with Crippen LogP contribution in [0.3, 0.4) is 0 Å². The number of methoxy groups -OCH3 is 1. The van der Waals surface area contributed by atoms with E-state index in [9.17, 15) is 0 Å². The van der Waals surface area contributed by atoms with E-state index in [1.165, 1.54) is 6.42 Å². The molecule has 7 heteroatoms. The highest BCUT2D eigenvalue weighted by atomic mass is 127. The molecule has 0 aliphatic rings. The molecule has 2 N–H and O–H groups in total. The molecule has 1 aromatic heterocycles. The van der Waals surface area contributed by atoms with Crippen molar-refractivity contribution in [2.75, 3.05) is 33.4 Å². The number of aliphatic imine (C=N–C) groups is 1. The Morgan fingerprint density at radius 2 is 1.79 bits per heavy atom. The quantitative estimate of drug-likeness (QED) is 0.179. The lowest BCUT2D eigenvalue weighted by Crippen LogP contribution is -2.39. The number of rotatable bonds is 13. The number of benzene rings is 1. The van der Waals surface area contributed by atoms with Gasteiger partial charge in [0.1, 0.15) is 11.5 Å². The van der Waals surface area contributed by atoms with Crippen LogP contribution < -0.4 is 15.4 Å². The molecule has 0 radical (unpaired) electrons. The summed E-state index contributed by atoms with van der Waals surface area (Å²) >= 11 is 0. The largest absolute Gasteiger partial charge is 0.497 e. The molecule has 2 rings (SSSR count). The average molecular weight is 515 g/mol. The molecule has 0 saturated heterocycles. The van der Waals surface area contributed by atoms with Crippen LogP contribution in [0.2, 0.25) is 0 Å². The fraction of sp³-hybridized carbons (Fsp3) is 0.500. The van der Waals surface area contributed by atoms with Crippen molar-refractivity contribution < 1.29 is 13.9 Å². The van der Waals surface area contributed by atoms with E-state index in [0.717, 1.165) is 68.6 Å². The summed E-state index contributed by atoms with van der Waals surface area (Å²) in [5.41, 5.74) is 1.14. The minimum atomic E-state index is 0. The third-order valence-electron chi connectivity index (χ3n) is 4.22. The van der Waals surface area contributed by atoms with Crippen LogP contribution in [0.4, 0.5) is 0 Å². The first kappa shape index (κ1) is 25.3. The van der Waals surface area contributed by atoms with Gasteiger partial charge in [-0.15, -0.1) is 24.0 Å². The van der Waals surface area contributed by atoms with Crippen LogP contribution >= 0.6 is 24.0 Å². The maximum Gasteiger partial charge on any atom is 0.191 e. The summed E-state index contributed by atoms with van der Waals surface area (Å²) < 4.78 is 16.2. The normalized spacial score (nSPS) is 11.0. The molecular formula is C22H34IN3O3. The SMILES string of the molecule is CCCCOCCCNC(=NCc1ccc(OC)cc1)NCCc1ccco1.I. The van der Waals surface area contributed by atoms with Crippen molar-refractivity contribution >= 4 is 29.9 Å². The fourth-order valence-electron chi connectivity index (χ4n) is 2.56. The Morgan fingerprint density at radius 3 is 2.48 bits per heavy atom. The number of hydrogen-bond acceptors (Lipinski definition) is 4. The molecule has 0 amide bonds. The Kier molecular flexibility index (Phi) is 14.0. The Labute approximate surface area is 191 Å². The van der Waals surface area contributed by atoms with Crippen molar-refractivity contribution in [1.29, 1.82) is 0 Å². The Balaban J connectivity index is 0.00000420. The lowest BCUT2D eigenvalue weighted by Gasteiger charge is -2.12. The van der Waals surface area contributed by atoms with E-state index in [1.807, 2.05) is 36.4 Å². The molecule has 1 aromatic carbocycles. The molecule has 0 unspecified atom stereocenters. The van der Waals surface area contributed by atoms with E-state index in [4.69, 9.17) is 18.9 Å². The van der Waals surface area contributed by atoms with Crippen LogP contribution in [0.25, 0.3) is 0 Å². The predicted octanol–water partition coefficient (Wildman–Crippen LogP) is 4.39. The average Bonchev–Trinajstić information content (AvgIpc) is 3.24. The summed E-state index contributed by atoms with van der Waals surface area (Å²) in [6.07, 6.45) is 5.75. The molecule has 0 fully saturated rings. The van der Waals surface area contributed by atoms with Crippen molar-refractivity contribution in [1.82, 2.24) is 10.6 Å². The second kappa shape index (κ2) is 16.1. The second-order valence-corrected chi connectivity index (χ2v) is 6.52. The van der Waals surface area contributed by atoms with Gasteiger partial charge in [0.2, 0.25) is 0 Å². The van der Waals surface area contributed by atoms with Gasteiger partial charge in [0, 0.05) is 32.7 Å². The number of hydrogen-bond donors (Lipinski definition) is 2. The Morgan fingerprint density at radius 1 is 1.03 bits per heavy atom. The molecule has 0 atom stereocenters. The van der Waals surface area contributed by atoms with Crippen molar-refractivity contribution in [2.45, 2.75) is 39.2 Å². The molecular weight excluding hydrogens is 481 g/mol. The first-order valence-corrected chi connectivity index (χ1v) is 10.1. The number of furan rings is 1. The van der Waals surface area contributed by atoms with E-state index in [-0.39, 0.29) is 24.0 Å². The van der Waals surface area contributed by atoms with Gasteiger partial charge < -0.3 is 24.5 Å². The number of nitrogens with zero attached hydrogens (tertiary/aromatic N) is 1. The van der Waals surface area contributed by atoms with Crippen molar-refractivity contribution in [3.05, 3.63) is 54.0 Å². The van der Waals surface area contributed by atoms with Gasteiger partial charge in [0.15, 0.2) is 5.96 Å². The molecule has 1 heterocycles. The summed E-state index contributed by atoms with van der Waals surface area (Å²) in [5, 5.41) is 6.76. The standard InChI is InChI=1S/C22H33N3O3.HI/c1-3-4-15-27-16-6-13-23-22(24-14-12-21-7-5-17-28-21)25-18-19-8-10-20(26-2)11-9-19;/h5,7-11,17H,3-4,6,12-16,18H2,1-2H3,(H2,23,24,25);1H. The Bertz CT molecular complexity index is 660. The van der Waals surface area contributed by atoms with Crippen LogP contribution in [0.5, 0.6) is 5.75 Å². The molecule has 0 aliphatic carbocycles. The minimum Gasteiger partial charge on any atom is -0.497 e. The summed E-state index contributed by atoms with van der Waals surface area (Å²) in [7, 11) is 1.67. The maximum atomic E-state index is 5.61. The van der Waals surface area contributed by atoms with Crippen LogP contribution in [0, 0.1) is 0 Å². The van der Waals surface area contributed by atoms with Crippen LogP contribution in [0.15, 0.2) is 52.1 Å². The van der Waals surface area contributed by atoms with E-state index < -0.39 is 0 Å².